The largest absolute Gasteiger partial charge is 0.351 e. The van der Waals surface area contributed by atoms with Crippen molar-refractivity contribution in [2.24, 2.45) is 11.3 Å². The van der Waals surface area contributed by atoms with Crippen LogP contribution in [0.5, 0.6) is 0 Å². The molecule has 3 aliphatic rings. The Labute approximate surface area is 143 Å². The first-order chi connectivity index (χ1) is 11.5. The third-order valence-electron chi connectivity index (χ3n) is 6.12. The molecule has 130 valence electrons. The Kier molecular flexibility index (Phi) is 3.94. The molecule has 0 saturated heterocycles. The Morgan fingerprint density at radius 2 is 1.67 bits per heavy atom. The van der Waals surface area contributed by atoms with Crippen molar-refractivity contribution in [3.63, 3.8) is 0 Å². The topological polar surface area (TPSA) is 63.2 Å². The van der Waals surface area contributed by atoms with E-state index in [2.05, 4.69) is 5.32 Å². The highest BCUT2D eigenvalue weighted by Crippen LogP contribution is 2.60. The standard InChI is InChI=1S/C19H25NO3S/c21-18(20-13-19(11-12-19)15-7-8-15)14-5-9-17(10-6-14)24(22,23)16-3-1-2-4-16/h5-6,9-10,15-16H,1-4,7-8,11-13H2,(H,20,21). The van der Waals surface area contributed by atoms with Gasteiger partial charge in [0.05, 0.1) is 10.1 Å². The molecule has 4 rings (SSSR count). The van der Waals surface area contributed by atoms with Crippen molar-refractivity contribution < 1.29 is 13.2 Å². The van der Waals surface area contributed by atoms with Gasteiger partial charge in [-0.15, -0.1) is 0 Å². The normalized spacial score (nSPS) is 23.2. The van der Waals surface area contributed by atoms with E-state index in [9.17, 15) is 13.2 Å². The van der Waals surface area contributed by atoms with Crippen LogP contribution in [0.15, 0.2) is 29.2 Å². The van der Waals surface area contributed by atoms with Gasteiger partial charge in [0.1, 0.15) is 0 Å². The van der Waals surface area contributed by atoms with E-state index in [1.807, 2.05) is 0 Å². The molecule has 0 bridgehead atoms. The quantitative estimate of drug-likeness (QED) is 0.858. The maximum absolute atomic E-state index is 12.6. The van der Waals surface area contributed by atoms with Crippen LogP contribution in [0.3, 0.4) is 0 Å². The van der Waals surface area contributed by atoms with Gasteiger partial charge in [0, 0.05) is 12.1 Å². The summed E-state index contributed by atoms with van der Waals surface area (Å²) in [6, 6.07) is 6.48. The van der Waals surface area contributed by atoms with Gasteiger partial charge in [0.2, 0.25) is 0 Å². The van der Waals surface area contributed by atoms with Crippen LogP contribution >= 0.6 is 0 Å². The molecule has 24 heavy (non-hydrogen) atoms. The zero-order valence-corrected chi connectivity index (χ0v) is 14.8. The Morgan fingerprint density at radius 1 is 1.04 bits per heavy atom. The summed E-state index contributed by atoms with van der Waals surface area (Å²) in [5.41, 5.74) is 0.925. The summed E-state index contributed by atoms with van der Waals surface area (Å²) in [4.78, 5) is 12.7. The second-order valence-corrected chi connectivity index (χ2v) is 10.0. The molecule has 1 aromatic rings. The summed E-state index contributed by atoms with van der Waals surface area (Å²) in [5, 5.41) is 2.80. The summed E-state index contributed by atoms with van der Waals surface area (Å²) in [6.07, 6.45) is 8.59. The molecule has 1 N–H and O–H groups in total. The molecule has 4 nitrogen and oxygen atoms in total. The number of carbonyl (C=O) groups is 1. The summed E-state index contributed by atoms with van der Waals surface area (Å²) in [7, 11) is -3.24. The van der Waals surface area contributed by atoms with Crippen molar-refractivity contribution in [1.82, 2.24) is 5.32 Å². The average Bonchev–Trinajstić information content (AvgIpc) is 3.51. The predicted octanol–water partition coefficient (Wildman–Crippen LogP) is 3.32. The number of nitrogens with one attached hydrogen (secondary N) is 1. The molecule has 3 aliphatic carbocycles. The molecule has 0 aromatic heterocycles. The summed E-state index contributed by atoms with van der Waals surface area (Å²) >= 11 is 0. The molecule has 5 heteroatoms. The fourth-order valence-corrected chi connectivity index (χ4v) is 5.99. The lowest BCUT2D eigenvalue weighted by Gasteiger charge is -2.15. The maximum atomic E-state index is 12.6. The maximum Gasteiger partial charge on any atom is 0.251 e. The Balaban J connectivity index is 1.40. The molecule has 0 heterocycles. The Morgan fingerprint density at radius 3 is 2.21 bits per heavy atom. The molecule has 0 radical (unpaired) electrons. The van der Waals surface area contributed by atoms with Gasteiger partial charge in [-0.05, 0) is 74.1 Å². The van der Waals surface area contributed by atoms with Gasteiger partial charge >= 0.3 is 0 Å². The molecule has 0 aliphatic heterocycles. The van der Waals surface area contributed by atoms with E-state index in [0.717, 1.165) is 38.1 Å². The smallest absolute Gasteiger partial charge is 0.251 e. The fourth-order valence-electron chi connectivity index (χ4n) is 4.13. The van der Waals surface area contributed by atoms with Crippen molar-refractivity contribution in [2.75, 3.05) is 6.54 Å². The van der Waals surface area contributed by atoms with Gasteiger partial charge in [-0.3, -0.25) is 4.79 Å². The van der Waals surface area contributed by atoms with Crippen molar-refractivity contribution in [3.05, 3.63) is 29.8 Å². The van der Waals surface area contributed by atoms with Gasteiger partial charge in [-0.1, -0.05) is 12.8 Å². The fraction of sp³-hybridized carbons (Fsp3) is 0.632. The molecule has 3 fully saturated rings. The van der Waals surface area contributed by atoms with Crippen LogP contribution in [0.2, 0.25) is 0 Å². The molecule has 1 amide bonds. The lowest BCUT2D eigenvalue weighted by atomic mass is 10.0. The number of rotatable bonds is 6. The highest BCUT2D eigenvalue weighted by atomic mass is 32.2. The van der Waals surface area contributed by atoms with E-state index in [0.29, 0.717) is 15.9 Å². The number of hydrogen-bond donors (Lipinski definition) is 1. The van der Waals surface area contributed by atoms with E-state index in [-0.39, 0.29) is 11.2 Å². The number of sulfone groups is 1. The van der Waals surface area contributed by atoms with Gasteiger partial charge in [-0.25, -0.2) is 8.42 Å². The minimum Gasteiger partial charge on any atom is -0.351 e. The van der Waals surface area contributed by atoms with Crippen molar-refractivity contribution >= 4 is 15.7 Å². The highest BCUT2D eigenvalue weighted by Gasteiger charge is 2.53. The number of amides is 1. The minimum atomic E-state index is -3.24. The minimum absolute atomic E-state index is 0.0910. The number of benzene rings is 1. The Bertz CT molecular complexity index is 724. The van der Waals surface area contributed by atoms with Crippen LogP contribution in [-0.4, -0.2) is 26.1 Å². The van der Waals surface area contributed by atoms with E-state index in [4.69, 9.17) is 0 Å². The first-order valence-corrected chi connectivity index (χ1v) is 10.7. The lowest BCUT2D eigenvalue weighted by Crippen LogP contribution is -2.31. The van der Waals surface area contributed by atoms with E-state index in [1.165, 1.54) is 25.7 Å². The predicted molar refractivity (Wildman–Crippen MR) is 92.6 cm³/mol. The molecular formula is C19H25NO3S. The van der Waals surface area contributed by atoms with E-state index < -0.39 is 9.84 Å². The van der Waals surface area contributed by atoms with Crippen molar-refractivity contribution in [3.8, 4) is 0 Å². The second-order valence-electron chi connectivity index (χ2n) is 7.80. The van der Waals surface area contributed by atoms with Gasteiger partial charge in [0.25, 0.3) is 5.91 Å². The van der Waals surface area contributed by atoms with Crippen LogP contribution in [-0.2, 0) is 9.84 Å². The molecular weight excluding hydrogens is 322 g/mol. The second kappa shape index (κ2) is 5.87. The first kappa shape index (κ1) is 16.1. The highest BCUT2D eigenvalue weighted by molar-refractivity contribution is 7.92. The van der Waals surface area contributed by atoms with Crippen molar-refractivity contribution in [1.29, 1.82) is 0 Å². The van der Waals surface area contributed by atoms with Gasteiger partial charge < -0.3 is 5.32 Å². The molecule has 0 spiro atoms. The monoisotopic (exact) mass is 347 g/mol. The van der Waals surface area contributed by atoms with Crippen LogP contribution in [0, 0.1) is 11.3 Å². The summed E-state index contributed by atoms with van der Waals surface area (Å²) in [5.74, 6) is 0.725. The Hall–Kier alpha value is -1.36. The SMILES string of the molecule is O=C(NCC1(C2CC2)CC1)c1ccc(S(=O)(=O)C2CCCC2)cc1. The molecule has 0 atom stereocenters. The lowest BCUT2D eigenvalue weighted by molar-refractivity contribution is 0.0942. The zero-order chi connectivity index (χ0) is 16.8. The molecule has 3 saturated carbocycles. The van der Waals surface area contributed by atoms with Crippen LogP contribution in [0.25, 0.3) is 0 Å². The zero-order valence-electron chi connectivity index (χ0n) is 14.0. The van der Waals surface area contributed by atoms with Crippen LogP contribution < -0.4 is 5.32 Å². The van der Waals surface area contributed by atoms with Crippen LogP contribution in [0.1, 0.15) is 61.7 Å². The summed E-state index contributed by atoms with van der Waals surface area (Å²) in [6.45, 7) is 0.763. The number of carbonyl (C=O) groups excluding carboxylic acids is 1. The van der Waals surface area contributed by atoms with Crippen molar-refractivity contribution in [2.45, 2.75) is 61.5 Å². The van der Waals surface area contributed by atoms with E-state index >= 15 is 0 Å². The van der Waals surface area contributed by atoms with Gasteiger partial charge in [-0.2, -0.15) is 0 Å². The van der Waals surface area contributed by atoms with E-state index in [1.54, 1.807) is 24.3 Å². The third-order valence-corrected chi connectivity index (χ3v) is 8.40. The average molecular weight is 347 g/mol. The number of hydrogen-bond acceptors (Lipinski definition) is 3. The summed E-state index contributed by atoms with van der Waals surface area (Å²) < 4.78 is 25.1. The van der Waals surface area contributed by atoms with Crippen LogP contribution in [0.4, 0.5) is 0 Å². The first-order valence-electron chi connectivity index (χ1n) is 9.13. The third kappa shape index (κ3) is 2.99. The van der Waals surface area contributed by atoms with Gasteiger partial charge in [0.15, 0.2) is 9.84 Å². The molecule has 1 aromatic carbocycles. The molecule has 0 unspecified atom stereocenters.